The van der Waals surface area contributed by atoms with E-state index in [0.717, 1.165) is 49.3 Å². The van der Waals surface area contributed by atoms with E-state index in [1.807, 2.05) is 40.8 Å². The Hall–Kier alpha value is -2.95. The summed E-state index contributed by atoms with van der Waals surface area (Å²) in [4.78, 5) is 42.9. The standard InChI is InChI=1S/C36H44Cl2N4O5/c1-22-19-46-20-23(2)42(22)26-14-27(21-47-28-10-8-24(18-43)9-11-28)41(16-26)35(44)13-25-12-32(38)33(15-31(25)37)39-36(45)30-17-40(3)34-7-5-4-6-29(30)34/h4-7,12,15,17-18,22-24,26-28H,8-11,13-14,16,19-21H2,1-3H3,(H,39,45)/t22-,23+,24-,26-,27-,28-/m0/s1. The number of halogens is 2. The molecule has 2 amide bonds. The topological polar surface area (TPSA) is 93.1 Å². The minimum atomic E-state index is -0.291. The molecule has 4 atom stereocenters. The molecule has 0 spiro atoms. The highest BCUT2D eigenvalue weighted by Crippen LogP contribution is 2.34. The lowest BCUT2D eigenvalue weighted by molar-refractivity contribution is -0.133. The summed E-state index contributed by atoms with van der Waals surface area (Å²) in [5.41, 5.74) is 2.48. The number of aldehydes is 1. The molecular weight excluding hydrogens is 639 g/mol. The molecule has 6 rings (SSSR count). The van der Waals surface area contributed by atoms with Crippen molar-refractivity contribution in [3.05, 3.63) is 63.8 Å². The van der Waals surface area contributed by atoms with Crippen LogP contribution in [0.5, 0.6) is 0 Å². The van der Waals surface area contributed by atoms with Gasteiger partial charge in [-0.3, -0.25) is 14.5 Å². The summed E-state index contributed by atoms with van der Waals surface area (Å²) in [5, 5.41) is 4.42. The number of ether oxygens (including phenoxy) is 2. The van der Waals surface area contributed by atoms with Crippen molar-refractivity contribution in [1.82, 2.24) is 14.4 Å². The van der Waals surface area contributed by atoms with Gasteiger partial charge in [0.25, 0.3) is 5.91 Å². The van der Waals surface area contributed by atoms with Crippen molar-refractivity contribution >= 4 is 57.9 Å². The highest BCUT2D eigenvalue weighted by atomic mass is 35.5. The lowest BCUT2D eigenvalue weighted by atomic mass is 9.88. The van der Waals surface area contributed by atoms with E-state index in [4.69, 9.17) is 32.7 Å². The molecule has 2 saturated heterocycles. The Morgan fingerprint density at radius 1 is 1.04 bits per heavy atom. The van der Waals surface area contributed by atoms with Crippen molar-refractivity contribution in [3.8, 4) is 0 Å². The molecule has 3 heterocycles. The van der Waals surface area contributed by atoms with E-state index in [2.05, 4.69) is 24.1 Å². The monoisotopic (exact) mass is 682 g/mol. The smallest absolute Gasteiger partial charge is 0.257 e. The van der Waals surface area contributed by atoms with Crippen LogP contribution < -0.4 is 5.32 Å². The number of anilines is 1. The van der Waals surface area contributed by atoms with Crippen molar-refractivity contribution in [2.24, 2.45) is 13.0 Å². The second kappa shape index (κ2) is 14.7. The number of aryl methyl sites for hydroxylation is 1. The highest BCUT2D eigenvalue weighted by molar-refractivity contribution is 6.36. The predicted molar refractivity (Wildman–Crippen MR) is 184 cm³/mol. The van der Waals surface area contributed by atoms with Crippen LogP contribution in [0.1, 0.15) is 61.9 Å². The maximum atomic E-state index is 14.0. The maximum Gasteiger partial charge on any atom is 0.257 e. The van der Waals surface area contributed by atoms with Crippen LogP contribution in [-0.2, 0) is 32.5 Å². The number of likely N-dealkylation sites (tertiary alicyclic amines) is 1. The molecule has 1 saturated carbocycles. The molecule has 1 aliphatic carbocycles. The molecule has 0 bridgehead atoms. The Morgan fingerprint density at radius 2 is 1.77 bits per heavy atom. The largest absolute Gasteiger partial charge is 0.378 e. The zero-order chi connectivity index (χ0) is 33.2. The van der Waals surface area contributed by atoms with Gasteiger partial charge < -0.3 is 29.1 Å². The number of nitrogens with one attached hydrogen (secondary N) is 1. The Bertz CT molecular complexity index is 1610. The van der Waals surface area contributed by atoms with Gasteiger partial charge in [0.05, 0.1) is 54.7 Å². The molecule has 2 aromatic carbocycles. The van der Waals surface area contributed by atoms with Crippen LogP contribution in [-0.4, -0.2) is 89.1 Å². The van der Waals surface area contributed by atoms with Crippen molar-refractivity contribution in [2.75, 3.05) is 31.7 Å². The fraction of sp³-hybridized carbons (Fsp3) is 0.528. The number of fused-ring (bicyclic) bond motifs is 1. The highest BCUT2D eigenvalue weighted by Gasteiger charge is 2.42. The summed E-state index contributed by atoms with van der Waals surface area (Å²) in [6.07, 6.45) is 7.29. The van der Waals surface area contributed by atoms with Crippen LogP contribution in [0.15, 0.2) is 42.6 Å². The number of nitrogens with zero attached hydrogens (tertiary/aromatic N) is 3. The van der Waals surface area contributed by atoms with Gasteiger partial charge in [0.2, 0.25) is 5.91 Å². The molecule has 3 aromatic rings. The number of amides is 2. The first-order valence-corrected chi connectivity index (χ1v) is 17.4. The van der Waals surface area contributed by atoms with Gasteiger partial charge in [-0.15, -0.1) is 0 Å². The third kappa shape index (κ3) is 7.39. The zero-order valence-electron chi connectivity index (χ0n) is 27.3. The molecular formula is C36H44Cl2N4O5. The fourth-order valence-corrected chi connectivity index (χ4v) is 8.21. The van der Waals surface area contributed by atoms with E-state index in [9.17, 15) is 14.4 Å². The molecule has 3 fully saturated rings. The van der Waals surface area contributed by atoms with Crippen LogP contribution in [0.4, 0.5) is 5.69 Å². The molecule has 2 aliphatic heterocycles. The SMILES string of the molecule is C[C@@H]1COC[C@H](C)N1[C@H]1C[C@@H](CO[C@H]2CC[C@H](C=O)CC2)N(C(=O)Cc2cc(Cl)c(NC(=O)c3cn(C)c4ccccc34)cc2Cl)C1. The van der Waals surface area contributed by atoms with E-state index in [0.29, 0.717) is 53.2 Å². The number of morpholine rings is 1. The zero-order valence-corrected chi connectivity index (χ0v) is 28.8. The van der Waals surface area contributed by atoms with Crippen LogP contribution in [0.3, 0.4) is 0 Å². The van der Waals surface area contributed by atoms with Gasteiger partial charge in [0.15, 0.2) is 0 Å². The normalized spacial score (nSPS) is 26.9. The Morgan fingerprint density at radius 3 is 2.49 bits per heavy atom. The number of carbonyl (C=O) groups excluding carboxylic acids is 3. The first kappa shape index (κ1) is 33.9. The van der Waals surface area contributed by atoms with Gasteiger partial charge in [-0.2, -0.15) is 0 Å². The Kier molecular flexibility index (Phi) is 10.6. The number of rotatable bonds is 9. The molecule has 0 radical (unpaired) electrons. The molecule has 252 valence electrons. The second-order valence-electron chi connectivity index (χ2n) is 13.5. The van der Waals surface area contributed by atoms with Crippen LogP contribution in [0, 0.1) is 5.92 Å². The third-order valence-electron chi connectivity index (χ3n) is 10.2. The van der Waals surface area contributed by atoms with Crippen molar-refractivity contribution in [3.63, 3.8) is 0 Å². The van der Waals surface area contributed by atoms with Gasteiger partial charge in [0, 0.05) is 59.8 Å². The van der Waals surface area contributed by atoms with E-state index in [1.54, 1.807) is 18.3 Å². The molecule has 3 aliphatic rings. The average Bonchev–Trinajstić information content (AvgIpc) is 3.64. The lowest BCUT2D eigenvalue weighted by Gasteiger charge is -2.42. The fourth-order valence-electron chi connectivity index (χ4n) is 7.74. The number of carbonyl (C=O) groups is 3. The predicted octanol–water partition coefficient (Wildman–Crippen LogP) is 6.13. The Balaban J connectivity index is 1.16. The molecule has 1 N–H and O–H groups in total. The number of para-hydroxylation sites is 1. The van der Waals surface area contributed by atoms with Crippen LogP contribution in [0.2, 0.25) is 10.0 Å². The lowest BCUT2D eigenvalue weighted by Crippen LogP contribution is -2.55. The Labute approximate surface area is 286 Å². The minimum Gasteiger partial charge on any atom is -0.378 e. The van der Waals surface area contributed by atoms with Crippen molar-refractivity contribution in [2.45, 2.75) is 82.6 Å². The minimum absolute atomic E-state index is 0.0372. The average molecular weight is 684 g/mol. The van der Waals surface area contributed by atoms with E-state index < -0.39 is 0 Å². The summed E-state index contributed by atoms with van der Waals surface area (Å²) in [6.45, 7) is 6.77. The van der Waals surface area contributed by atoms with Crippen LogP contribution in [0.25, 0.3) is 10.9 Å². The van der Waals surface area contributed by atoms with Crippen LogP contribution >= 0.6 is 23.2 Å². The van der Waals surface area contributed by atoms with E-state index >= 15 is 0 Å². The number of aromatic nitrogens is 1. The summed E-state index contributed by atoms with van der Waals surface area (Å²) >= 11 is 13.4. The third-order valence-corrected chi connectivity index (χ3v) is 10.8. The first-order chi connectivity index (χ1) is 22.6. The van der Waals surface area contributed by atoms with E-state index in [1.165, 1.54) is 0 Å². The number of hydrogen-bond acceptors (Lipinski definition) is 6. The van der Waals surface area contributed by atoms with Crippen molar-refractivity contribution in [1.29, 1.82) is 0 Å². The molecule has 11 heteroatoms. The molecule has 0 unspecified atom stereocenters. The van der Waals surface area contributed by atoms with Crippen molar-refractivity contribution < 1.29 is 23.9 Å². The first-order valence-electron chi connectivity index (χ1n) is 16.7. The summed E-state index contributed by atoms with van der Waals surface area (Å²) in [6, 6.07) is 11.6. The van der Waals surface area contributed by atoms with Gasteiger partial charge >= 0.3 is 0 Å². The number of benzene rings is 2. The van der Waals surface area contributed by atoms with E-state index in [-0.39, 0.29) is 54.4 Å². The van der Waals surface area contributed by atoms with Gasteiger partial charge in [-0.1, -0.05) is 41.4 Å². The molecule has 47 heavy (non-hydrogen) atoms. The molecule has 1 aromatic heterocycles. The van der Waals surface area contributed by atoms with Gasteiger partial charge in [-0.25, -0.2) is 0 Å². The summed E-state index contributed by atoms with van der Waals surface area (Å²) in [5.74, 6) is -0.201. The second-order valence-corrected chi connectivity index (χ2v) is 14.3. The molecule has 9 nitrogen and oxygen atoms in total. The number of hydrogen-bond donors (Lipinski definition) is 1. The van der Waals surface area contributed by atoms with Gasteiger partial charge in [0.1, 0.15) is 6.29 Å². The van der Waals surface area contributed by atoms with Gasteiger partial charge in [-0.05, 0) is 69.7 Å². The summed E-state index contributed by atoms with van der Waals surface area (Å²) in [7, 11) is 1.90. The summed E-state index contributed by atoms with van der Waals surface area (Å²) < 4.78 is 14.1. The quantitative estimate of drug-likeness (QED) is 0.273. The maximum absolute atomic E-state index is 14.0.